The molecule has 0 saturated carbocycles. The largest absolute Gasteiger partial charge is 0.373 e. The lowest BCUT2D eigenvalue weighted by atomic mass is 10.2. The van der Waals surface area contributed by atoms with Crippen molar-refractivity contribution in [2.75, 3.05) is 32.1 Å². The Morgan fingerprint density at radius 3 is 2.75 bits per heavy atom. The van der Waals surface area contributed by atoms with Crippen LogP contribution in [0.2, 0.25) is 0 Å². The van der Waals surface area contributed by atoms with E-state index in [9.17, 15) is 10.1 Å². The second kappa shape index (κ2) is 5.46. The Labute approximate surface area is 95.2 Å². The number of nitrogens with one attached hydrogen (secondary N) is 1. The molecule has 0 amide bonds. The van der Waals surface area contributed by atoms with E-state index < -0.39 is 0 Å². The molecule has 0 fully saturated rings. The van der Waals surface area contributed by atoms with Crippen LogP contribution < -0.4 is 10.2 Å². The number of likely N-dealkylation sites (N-methyl/N-ethyl adjacent to an activating group) is 2. The van der Waals surface area contributed by atoms with Crippen LogP contribution in [-0.2, 0) is 0 Å². The van der Waals surface area contributed by atoms with Crippen molar-refractivity contribution in [3.63, 3.8) is 0 Å². The molecule has 1 aromatic carbocycles. The molecular weight excluding hydrogens is 206 g/mol. The van der Waals surface area contributed by atoms with Crippen molar-refractivity contribution < 1.29 is 4.92 Å². The van der Waals surface area contributed by atoms with Crippen LogP contribution in [-0.4, -0.2) is 32.1 Å². The zero-order valence-corrected chi connectivity index (χ0v) is 9.86. The van der Waals surface area contributed by atoms with Gasteiger partial charge in [0.1, 0.15) is 0 Å². The zero-order valence-electron chi connectivity index (χ0n) is 9.86. The lowest BCUT2D eigenvalue weighted by Gasteiger charge is -2.19. The summed E-state index contributed by atoms with van der Waals surface area (Å²) in [5, 5.41) is 13.8. The summed E-state index contributed by atoms with van der Waals surface area (Å²) in [6.07, 6.45) is 0. The third-order valence-electron chi connectivity index (χ3n) is 2.53. The minimum Gasteiger partial charge on any atom is -0.373 e. The highest BCUT2D eigenvalue weighted by Crippen LogP contribution is 2.24. The van der Waals surface area contributed by atoms with E-state index in [2.05, 4.69) is 5.32 Å². The van der Waals surface area contributed by atoms with E-state index in [1.165, 1.54) is 0 Å². The van der Waals surface area contributed by atoms with Gasteiger partial charge in [-0.25, -0.2) is 0 Å². The number of nitro groups is 1. The van der Waals surface area contributed by atoms with Gasteiger partial charge in [0.05, 0.1) is 4.92 Å². The Hall–Kier alpha value is -1.62. The first-order valence-electron chi connectivity index (χ1n) is 5.17. The molecule has 0 aliphatic heterocycles. The van der Waals surface area contributed by atoms with E-state index in [0.717, 1.165) is 18.8 Å². The van der Waals surface area contributed by atoms with Gasteiger partial charge in [0.25, 0.3) is 5.69 Å². The van der Waals surface area contributed by atoms with Gasteiger partial charge in [-0.2, -0.15) is 0 Å². The van der Waals surface area contributed by atoms with Crippen LogP contribution in [0.1, 0.15) is 5.56 Å². The molecule has 0 spiro atoms. The standard InChI is InChI=1S/C11H17N3O2/c1-9-4-5-10(8-11(9)14(15)16)13(3)7-6-12-2/h4-5,8,12H,6-7H2,1-3H3. The van der Waals surface area contributed by atoms with E-state index >= 15 is 0 Å². The molecule has 0 aliphatic carbocycles. The Morgan fingerprint density at radius 2 is 2.19 bits per heavy atom. The van der Waals surface area contributed by atoms with Gasteiger partial charge in [0.2, 0.25) is 0 Å². The summed E-state index contributed by atoms with van der Waals surface area (Å²) >= 11 is 0. The minimum absolute atomic E-state index is 0.175. The number of hydrogen-bond donors (Lipinski definition) is 1. The van der Waals surface area contributed by atoms with Crippen LogP contribution in [0.4, 0.5) is 11.4 Å². The van der Waals surface area contributed by atoms with Crippen LogP contribution in [0, 0.1) is 17.0 Å². The second-order valence-corrected chi connectivity index (χ2v) is 3.75. The van der Waals surface area contributed by atoms with Crippen LogP contribution in [0.15, 0.2) is 18.2 Å². The van der Waals surface area contributed by atoms with Crippen LogP contribution in [0.5, 0.6) is 0 Å². The zero-order chi connectivity index (χ0) is 12.1. The fourth-order valence-electron chi connectivity index (χ4n) is 1.44. The third-order valence-corrected chi connectivity index (χ3v) is 2.53. The van der Waals surface area contributed by atoms with Gasteiger partial charge in [-0.15, -0.1) is 0 Å². The summed E-state index contributed by atoms with van der Waals surface area (Å²) in [4.78, 5) is 12.4. The smallest absolute Gasteiger partial charge is 0.274 e. The topological polar surface area (TPSA) is 58.4 Å². The van der Waals surface area contributed by atoms with E-state index in [1.807, 2.05) is 25.1 Å². The molecule has 0 aromatic heterocycles. The predicted molar refractivity (Wildman–Crippen MR) is 65.0 cm³/mol. The molecule has 5 heteroatoms. The number of aryl methyl sites for hydroxylation is 1. The van der Waals surface area contributed by atoms with Gasteiger partial charge >= 0.3 is 0 Å². The minimum atomic E-state index is -0.343. The SMILES string of the molecule is CNCCN(C)c1ccc(C)c([N+](=O)[O-])c1. The van der Waals surface area contributed by atoms with E-state index in [-0.39, 0.29) is 10.6 Å². The Balaban J connectivity index is 2.89. The molecule has 0 bridgehead atoms. The summed E-state index contributed by atoms with van der Waals surface area (Å²) in [6, 6.07) is 5.30. The first-order valence-corrected chi connectivity index (χ1v) is 5.17. The van der Waals surface area contributed by atoms with Gasteiger partial charge in [-0.05, 0) is 20.0 Å². The molecule has 1 N–H and O–H groups in total. The second-order valence-electron chi connectivity index (χ2n) is 3.75. The van der Waals surface area contributed by atoms with Gasteiger partial charge < -0.3 is 10.2 Å². The van der Waals surface area contributed by atoms with Crippen molar-refractivity contribution in [1.29, 1.82) is 0 Å². The van der Waals surface area contributed by atoms with Crippen LogP contribution in [0.25, 0.3) is 0 Å². The molecule has 16 heavy (non-hydrogen) atoms. The predicted octanol–water partition coefficient (Wildman–Crippen LogP) is 1.56. The highest BCUT2D eigenvalue weighted by Gasteiger charge is 2.12. The highest BCUT2D eigenvalue weighted by atomic mass is 16.6. The first-order chi connectivity index (χ1) is 7.56. The molecule has 1 rings (SSSR count). The van der Waals surface area contributed by atoms with Gasteiger partial charge in [-0.3, -0.25) is 10.1 Å². The molecule has 0 unspecified atom stereocenters. The monoisotopic (exact) mass is 223 g/mol. The number of anilines is 1. The lowest BCUT2D eigenvalue weighted by Crippen LogP contribution is -2.27. The van der Waals surface area contributed by atoms with Crippen molar-refractivity contribution in [3.8, 4) is 0 Å². The van der Waals surface area contributed by atoms with Gasteiger partial charge in [-0.1, -0.05) is 6.07 Å². The number of benzene rings is 1. The number of nitrogens with zero attached hydrogens (tertiary/aromatic N) is 2. The maximum atomic E-state index is 10.8. The summed E-state index contributed by atoms with van der Waals surface area (Å²) in [6.45, 7) is 3.41. The van der Waals surface area contributed by atoms with Gasteiger partial charge in [0, 0.05) is 37.5 Å². The summed E-state index contributed by atoms with van der Waals surface area (Å²) in [5.74, 6) is 0. The average Bonchev–Trinajstić information content (AvgIpc) is 2.26. The summed E-state index contributed by atoms with van der Waals surface area (Å²) in [7, 11) is 3.80. The van der Waals surface area contributed by atoms with Crippen molar-refractivity contribution in [2.24, 2.45) is 0 Å². The fraction of sp³-hybridized carbons (Fsp3) is 0.455. The normalized spacial score (nSPS) is 10.2. The van der Waals surface area contributed by atoms with Crippen molar-refractivity contribution in [1.82, 2.24) is 5.32 Å². The summed E-state index contributed by atoms with van der Waals surface area (Å²) in [5.41, 5.74) is 1.73. The Morgan fingerprint density at radius 1 is 1.50 bits per heavy atom. The highest BCUT2D eigenvalue weighted by molar-refractivity contribution is 5.56. The molecule has 0 atom stereocenters. The van der Waals surface area contributed by atoms with E-state index in [0.29, 0.717) is 5.56 Å². The quantitative estimate of drug-likeness (QED) is 0.608. The number of hydrogen-bond acceptors (Lipinski definition) is 4. The van der Waals surface area contributed by atoms with Crippen molar-refractivity contribution in [2.45, 2.75) is 6.92 Å². The van der Waals surface area contributed by atoms with Crippen molar-refractivity contribution in [3.05, 3.63) is 33.9 Å². The molecule has 88 valence electrons. The summed E-state index contributed by atoms with van der Waals surface area (Å²) < 4.78 is 0. The molecule has 0 aliphatic rings. The molecule has 0 radical (unpaired) electrons. The molecule has 1 aromatic rings. The van der Waals surface area contributed by atoms with E-state index in [1.54, 1.807) is 19.1 Å². The molecular formula is C11H17N3O2. The number of rotatable bonds is 5. The molecule has 0 saturated heterocycles. The third kappa shape index (κ3) is 2.93. The fourth-order valence-corrected chi connectivity index (χ4v) is 1.44. The van der Waals surface area contributed by atoms with Gasteiger partial charge in [0.15, 0.2) is 0 Å². The lowest BCUT2D eigenvalue weighted by molar-refractivity contribution is -0.385. The number of nitro benzene ring substituents is 1. The maximum absolute atomic E-state index is 10.8. The van der Waals surface area contributed by atoms with Crippen molar-refractivity contribution >= 4 is 11.4 Å². The maximum Gasteiger partial charge on any atom is 0.274 e. The van der Waals surface area contributed by atoms with Crippen LogP contribution >= 0.6 is 0 Å². The molecule has 5 nitrogen and oxygen atoms in total. The Bertz CT molecular complexity index is 379. The Kier molecular flexibility index (Phi) is 4.25. The van der Waals surface area contributed by atoms with Crippen LogP contribution in [0.3, 0.4) is 0 Å². The molecule has 0 heterocycles. The van der Waals surface area contributed by atoms with E-state index in [4.69, 9.17) is 0 Å². The first kappa shape index (κ1) is 12.4. The average molecular weight is 223 g/mol.